The molecular formula is C20H19NO4. The molecule has 5 heteroatoms. The Labute approximate surface area is 145 Å². The lowest BCUT2D eigenvalue weighted by Crippen LogP contribution is -2.87. The molecule has 0 saturated heterocycles. The molecule has 0 aliphatic heterocycles. The Morgan fingerprint density at radius 1 is 1.08 bits per heavy atom. The van der Waals surface area contributed by atoms with Crippen molar-refractivity contribution in [2.24, 2.45) is 5.92 Å². The van der Waals surface area contributed by atoms with E-state index in [1.54, 1.807) is 0 Å². The largest absolute Gasteiger partial charge is 0.544 e. The number of hydrogen-bond acceptors (Lipinski definition) is 4. The van der Waals surface area contributed by atoms with Crippen LogP contribution in [0.3, 0.4) is 0 Å². The minimum Gasteiger partial charge on any atom is -0.544 e. The van der Waals surface area contributed by atoms with Gasteiger partial charge >= 0.3 is 5.97 Å². The Morgan fingerprint density at radius 3 is 2.12 bits per heavy atom. The number of carboxylic acids is 1. The zero-order chi connectivity index (χ0) is 17.6. The summed E-state index contributed by atoms with van der Waals surface area (Å²) in [6, 6.07) is 16.2. The summed E-state index contributed by atoms with van der Waals surface area (Å²) in [5, 5.41) is 11.2. The van der Waals surface area contributed by atoms with Crippen LogP contribution in [0, 0.1) is 5.92 Å². The molecule has 2 atom stereocenters. The molecule has 25 heavy (non-hydrogen) atoms. The first kappa shape index (κ1) is 15.8. The number of quaternary nitrogens is 1. The topological polar surface area (TPSA) is 94.1 Å². The van der Waals surface area contributed by atoms with Gasteiger partial charge in [0.15, 0.2) is 0 Å². The van der Waals surface area contributed by atoms with E-state index in [1.807, 2.05) is 36.4 Å². The van der Waals surface area contributed by atoms with Crippen LogP contribution >= 0.6 is 0 Å². The molecule has 2 aliphatic rings. The van der Waals surface area contributed by atoms with Gasteiger partial charge in [-0.15, -0.1) is 0 Å². The van der Waals surface area contributed by atoms with Crippen molar-refractivity contribution in [1.29, 1.82) is 0 Å². The summed E-state index contributed by atoms with van der Waals surface area (Å²) in [5.41, 5.74) is 6.90. The van der Waals surface area contributed by atoms with Crippen LogP contribution in [0.15, 0.2) is 48.5 Å². The number of fused-ring (bicyclic) bond motifs is 3. The Balaban J connectivity index is 1.54. The Kier molecular flexibility index (Phi) is 3.62. The van der Waals surface area contributed by atoms with Crippen LogP contribution < -0.4 is 10.8 Å². The summed E-state index contributed by atoms with van der Waals surface area (Å²) in [6.45, 7) is 0.201. The lowest BCUT2D eigenvalue weighted by molar-refractivity contribution is -0.514. The summed E-state index contributed by atoms with van der Waals surface area (Å²) in [5.74, 6) is -2.52. The molecule has 128 valence electrons. The first-order valence-electron chi connectivity index (χ1n) is 8.44. The molecule has 4 rings (SSSR count). The van der Waals surface area contributed by atoms with Crippen molar-refractivity contribution in [1.82, 2.24) is 0 Å². The number of carbonyl (C=O) groups excluding carboxylic acids is 2. The fourth-order valence-corrected chi connectivity index (χ4v) is 3.93. The molecule has 0 unspecified atom stereocenters. The fourth-order valence-electron chi connectivity index (χ4n) is 3.93. The maximum atomic E-state index is 12.4. The lowest BCUT2D eigenvalue weighted by Gasteiger charge is -2.41. The summed E-state index contributed by atoms with van der Waals surface area (Å²) < 4.78 is 5.52. The van der Waals surface area contributed by atoms with E-state index in [2.05, 4.69) is 17.9 Å². The van der Waals surface area contributed by atoms with Crippen molar-refractivity contribution in [3.05, 3.63) is 59.7 Å². The zero-order valence-electron chi connectivity index (χ0n) is 13.7. The maximum absolute atomic E-state index is 12.4. The minimum atomic E-state index is -1.34. The van der Waals surface area contributed by atoms with Crippen molar-refractivity contribution in [2.45, 2.75) is 24.3 Å². The van der Waals surface area contributed by atoms with Gasteiger partial charge in [0.25, 0.3) is 0 Å². The molecule has 0 radical (unpaired) electrons. The van der Waals surface area contributed by atoms with E-state index in [1.165, 1.54) is 0 Å². The standard InChI is InChI=1S/C20H19NO4/c21-20(19(23)24)10-9-17(20)18(22)25-11-16-14-7-3-1-5-12(14)13-6-2-4-8-15(13)16/h1-8,16-17H,9-11,21H2,(H,23,24)/t17-,20+/m1/s1. The summed E-state index contributed by atoms with van der Waals surface area (Å²) in [6.07, 6.45) is 0.832. The molecule has 0 aromatic heterocycles. The van der Waals surface area contributed by atoms with Gasteiger partial charge in [0, 0.05) is 12.3 Å². The van der Waals surface area contributed by atoms with Crippen LogP contribution in [0.1, 0.15) is 29.9 Å². The van der Waals surface area contributed by atoms with Crippen LogP contribution in [0.5, 0.6) is 0 Å². The number of carboxylic acid groups (broad SMARTS) is 1. The molecule has 2 aromatic rings. The van der Waals surface area contributed by atoms with Gasteiger partial charge in [-0.3, -0.25) is 4.79 Å². The highest BCUT2D eigenvalue weighted by Crippen LogP contribution is 2.45. The van der Waals surface area contributed by atoms with Gasteiger partial charge in [-0.2, -0.15) is 0 Å². The Bertz CT molecular complexity index is 817. The average Bonchev–Trinajstić information content (AvgIpc) is 2.92. The molecule has 2 aromatic carbocycles. The molecule has 5 nitrogen and oxygen atoms in total. The third-order valence-corrected chi connectivity index (χ3v) is 5.59. The van der Waals surface area contributed by atoms with E-state index >= 15 is 0 Å². The second-order valence-corrected chi connectivity index (χ2v) is 6.89. The van der Waals surface area contributed by atoms with E-state index in [0.29, 0.717) is 12.8 Å². The van der Waals surface area contributed by atoms with Crippen molar-refractivity contribution >= 4 is 11.9 Å². The third kappa shape index (κ3) is 2.35. The lowest BCUT2D eigenvalue weighted by atomic mass is 9.67. The number of hydrogen-bond donors (Lipinski definition) is 1. The van der Waals surface area contributed by atoms with E-state index in [-0.39, 0.29) is 12.5 Å². The summed E-state index contributed by atoms with van der Waals surface area (Å²) >= 11 is 0. The molecule has 0 spiro atoms. The van der Waals surface area contributed by atoms with Gasteiger partial charge in [-0.05, 0) is 28.7 Å². The normalized spacial score (nSPS) is 24.1. The average molecular weight is 337 g/mol. The summed E-state index contributed by atoms with van der Waals surface area (Å²) in [7, 11) is 0. The maximum Gasteiger partial charge on any atom is 0.315 e. The highest BCUT2D eigenvalue weighted by molar-refractivity contribution is 5.87. The van der Waals surface area contributed by atoms with Crippen LogP contribution in [0.25, 0.3) is 11.1 Å². The van der Waals surface area contributed by atoms with Crippen molar-refractivity contribution in [3.8, 4) is 11.1 Å². The zero-order valence-corrected chi connectivity index (χ0v) is 13.7. The minimum absolute atomic E-state index is 0.0291. The van der Waals surface area contributed by atoms with Gasteiger partial charge in [-0.1, -0.05) is 48.5 Å². The molecule has 0 heterocycles. The van der Waals surface area contributed by atoms with Gasteiger partial charge in [0.1, 0.15) is 24.0 Å². The van der Waals surface area contributed by atoms with E-state index in [9.17, 15) is 14.7 Å². The van der Waals surface area contributed by atoms with Crippen LogP contribution in [-0.2, 0) is 14.3 Å². The number of esters is 1. The van der Waals surface area contributed by atoms with Crippen molar-refractivity contribution < 1.29 is 25.2 Å². The number of ether oxygens (including phenoxy) is 1. The molecule has 0 bridgehead atoms. The van der Waals surface area contributed by atoms with E-state index in [0.717, 1.165) is 22.3 Å². The highest BCUT2D eigenvalue weighted by atomic mass is 16.5. The van der Waals surface area contributed by atoms with Gasteiger partial charge < -0.3 is 20.4 Å². The van der Waals surface area contributed by atoms with Gasteiger partial charge in [0.2, 0.25) is 0 Å². The molecule has 1 saturated carbocycles. The molecule has 0 amide bonds. The number of carbonyl (C=O) groups is 2. The Hall–Kier alpha value is -2.66. The first-order valence-corrected chi connectivity index (χ1v) is 8.44. The highest BCUT2D eigenvalue weighted by Gasteiger charge is 2.54. The smallest absolute Gasteiger partial charge is 0.315 e. The van der Waals surface area contributed by atoms with E-state index < -0.39 is 23.4 Å². The third-order valence-electron chi connectivity index (χ3n) is 5.59. The fraction of sp³-hybridized carbons (Fsp3) is 0.300. The second kappa shape index (κ2) is 5.70. The van der Waals surface area contributed by atoms with Crippen molar-refractivity contribution in [2.75, 3.05) is 6.61 Å². The second-order valence-electron chi connectivity index (χ2n) is 6.89. The van der Waals surface area contributed by atoms with Gasteiger partial charge in [0.05, 0.1) is 0 Å². The van der Waals surface area contributed by atoms with Crippen LogP contribution in [0.2, 0.25) is 0 Å². The predicted molar refractivity (Wildman–Crippen MR) is 88.0 cm³/mol. The molecule has 1 fully saturated rings. The Morgan fingerprint density at radius 2 is 1.64 bits per heavy atom. The monoisotopic (exact) mass is 337 g/mol. The quantitative estimate of drug-likeness (QED) is 0.821. The predicted octanol–water partition coefficient (Wildman–Crippen LogP) is 0.483. The number of rotatable bonds is 4. The molecule has 3 N–H and O–H groups in total. The van der Waals surface area contributed by atoms with Gasteiger partial charge in [-0.25, -0.2) is 0 Å². The number of benzene rings is 2. The molecule has 2 aliphatic carbocycles. The van der Waals surface area contributed by atoms with Crippen molar-refractivity contribution in [3.63, 3.8) is 0 Å². The van der Waals surface area contributed by atoms with E-state index in [4.69, 9.17) is 4.74 Å². The molecular weight excluding hydrogens is 318 g/mol. The van der Waals surface area contributed by atoms with Crippen LogP contribution in [0.4, 0.5) is 0 Å². The summed E-state index contributed by atoms with van der Waals surface area (Å²) in [4.78, 5) is 23.6. The first-order chi connectivity index (χ1) is 12.0. The SMILES string of the molecule is [NH3+][C@@]1(C(=O)[O-])CC[C@@H]1C(=O)OCC1c2ccccc2-c2ccccc21. The van der Waals surface area contributed by atoms with Crippen LogP contribution in [-0.4, -0.2) is 24.1 Å². The number of aliphatic carboxylic acids is 1.